The molecule has 40 heavy (non-hydrogen) atoms. The number of carbonyl (C=O) groups is 3. The molecule has 12 heteroatoms. The number of nitrogens with two attached hydrogens (primary N) is 2. The maximum Gasteiger partial charge on any atom is 0.341 e. The third-order valence-electron chi connectivity index (χ3n) is 6.58. The third kappa shape index (κ3) is 7.59. The van der Waals surface area contributed by atoms with E-state index in [0.29, 0.717) is 22.8 Å². The summed E-state index contributed by atoms with van der Waals surface area (Å²) >= 11 is 0. The molecule has 1 saturated heterocycles. The van der Waals surface area contributed by atoms with Crippen LogP contribution in [0.5, 0.6) is 11.5 Å². The maximum absolute atomic E-state index is 12.9. The quantitative estimate of drug-likeness (QED) is 0.191. The first-order valence-corrected chi connectivity index (χ1v) is 12.7. The van der Waals surface area contributed by atoms with E-state index < -0.39 is 29.1 Å². The van der Waals surface area contributed by atoms with Gasteiger partial charge in [0.05, 0.1) is 17.6 Å². The average molecular weight is 551 g/mol. The third-order valence-corrected chi connectivity index (χ3v) is 6.58. The predicted molar refractivity (Wildman–Crippen MR) is 152 cm³/mol. The number of hydrogen-bond donors (Lipinski definition) is 6. The largest absolute Gasteiger partial charge is 0.507 e. The van der Waals surface area contributed by atoms with Gasteiger partial charge in [-0.25, -0.2) is 4.79 Å². The maximum atomic E-state index is 12.9. The van der Waals surface area contributed by atoms with Gasteiger partial charge in [0, 0.05) is 43.6 Å². The summed E-state index contributed by atoms with van der Waals surface area (Å²) in [5.41, 5.74) is 11.9. The van der Waals surface area contributed by atoms with Gasteiger partial charge in [-0.1, -0.05) is 18.2 Å². The van der Waals surface area contributed by atoms with Crippen molar-refractivity contribution in [2.75, 3.05) is 24.5 Å². The van der Waals surface area contributed by atoms with Crippen LogP contribution in [0.3, 0.4) is 0 Å². The van der Waals surface area contributed by atoms with E-state index in [1.54, 1.807) is 31.2 Å². The van der Waals surface area contributed by atoms with Gasteiger partial charge in [-0.2, -0.15) is 0 Å². The fourth-order valence-corrected chi connectivity index (χ4v) is 4.41. The van der Waals surface area contributed by atoms with Crippen LogP contribution in [0.15, 0.2) is 47.5 Å². The van der Waals surface area contributed by atoms with Gasteiger partial charge in [0.1, 0.15) is 22.9 Å². The lowest BCUT2D eigenvalue weighted by atomic mass is 10.0. The first kappa shape index (κ1) is 29.7. The molecule has 1 heterocycles. The standard InChI is InChI=1S/C28H34N6O6/c1-17(29)33-14-11-20(12-15-33)32-27(31)19-7-8-22(35)18(16-19)4-3-13-34(25(38)10-9-24(30)37)21-5-2-6-23(36)26(21)28(39)40/h2-8,16,20,29,35-36H,9-15H2,1H3,(H2,30,37)(H2,31,32)(H,39,40)/b4-3+,29-17?. The number of carboxylic acids is 1. The molecule has 0 aliphatic carbocycles. The van der Waals surface area contributed by atoms with Gasteiger partial charge in [-0.15, -0.1) is 0 Å². The zero-order valence-corrected chi connectivity index (χ0v) is 22.2. The molecule has 0 aromatic heterocycles. The van der Waals surface area contributed by atoms with Crippen molar-refractivity contribution in [1.82, 2.24) is 4.90 Å². The molecule has 1 aliphatic rings. The summed E-state index contributed by atoms with van der Waals surface area (Å²) in [5.74, 6) is -2.40. The molecule has 2 aromatic rings. The Morgan fingerprint density at radius 2 is 1.80 bits per heavy atom. The number of phenols is 2. The highest BCUT2D eigenvalue weighted by Gasteiger charge is 2.24. The first-order valence-electron chi connectivity index (χ1n) is 12.7. The molecule has 2 aromatic carbocycles. The van der Waals surface area contributed by atoms with Crippen molar-refractivity contribution in [3.8, 4) is 11.5 Å². The zero-order chi connectivity index (χ0) is 29.4. The Morgan fingerprint density at radius 1 is 1.10 bits per heavy atom. The van der Waals surface area contributed by atoms with Crippen molar-refractivity contribution in [2.24, 2.45) is 16.5 Å². The number of aliphatic imine (C=N–C) groups is 1. The molecule has 0 atom stereocenters. The van der Waals surface area contributed by atoms with E-state index in [1.165, 1.54) is 24.3 Å². The minimum absolute atomic E-state index is 0.0223. The second-order valence-corrected chi connectivity index (χ2v) is 9.44. The molecular weight excluding hydrogens is 516 g/mol. The van der Waals surface area contributed by atoms with Crippen molar-refractivity contribution < 1.29 is 29.7 Å². The molecule has 8 N–H and O–H groups in total. The van der Waals surface area contributed by atoms with Crippen LogP contribution >= 0.6 is 0 Å². The van der Waals surface area contributed by atoms with E-state index >= 15 is 0 Å². The highest BCUT2D eigenvalue weighted by atomic mass is 16.4. The van der Waals surface area contributed by atoms with Crippen LogP contribution in [0.25, 0.3) is 6.08 Å². The van der Waals surface area contributed by atoms with Gasteiger partial charge in [0.15, 0.2) is 0 Å². The molecule has 3 rings (SSSR count). The molecular formula is C28H34N6O6. The Hall–Kier alpha value is -4.87. The minimum Gasteiger partial charge on any atom is -0.507 e. The summed E-state index contributed by atoms with van der Waals surface area (Å²) in [5, 5.41) is 37.9. The summed E-state index contributed by atoms with van der Waals surface area (Å²) < 4.78 is 0. The summed E-state index contributed by atoms with van der Waals surface area (Å²) in [4.78, 5) is 43.7. The molecule has 0 spiro atoms. The number of benzene rings is 2. The van der Waals surface area contributed by atoms with Gasteiger partial charge in [-0.3, -0.25) is 20.0 Å². The number of carbonyl (C=O) groups excluding carboxylic acids is 2. The lowest BCUT2D eigenvalue weighted by molar-refractivity contribution is -0.123. The van der Waals surface area contributed by atoms with E-state index in [-0.39, 0.29) is 36.9 Å². The second-order valence-electron chi connectivity index (χ2n) is 9.44. The van der Waals surface area contributed by atoms with Crippen molar-refractivity contribution in [2.45, 2.75) is 38.6 Å². The van der Waals surface area contributed by atoms with Crippen LogP contribution in [0.2, 0.25) is 0 Å². The number of nitrogens with zero attached hydrogens (tertiary/aromatic N) is 3. The van der Waals surface area contributed by atoms with Crippen LogP contribution < -0.4 is 16.4 Å². The SMILES string of the molecule is CC(=N)N1CCC(N=C(N)c2ccc(O)c(/C=C/CN(C(=O)CCC(N)=O)c3cccc(O)c3C(=O)O)c2)CC1. The summed E-state index contributed by atoms with van der Waals surface area (Å²) in [6.07, 6.45) is 4.14. The fourth-order valence-electron chi connectivity index (χ4n) is 4.41. The van der Waals surface area contributed by atoms with Gasteiger partial charge in [0.25, 0.3) is 0 Å². The molecule has 0 bridgehead atoms. The molecule has 12 nitrogen and oxygen atoms in total. The van der Waals surface area contributed by atoms with Crippen LogP contribution in [0.4, 0.5) is 5.69 Å². The summed E-state index contributed by atoms with van der Waals surface area (Å²) in [6.45, 7) is 3.10. The van der Waals surface area contributed by atoms with E-state index in [9.17, 15) is 29.7 Å². The number of amidine groups is 2. The Balaban J connectivity index is 1.83. The monoisotopic (exact) mass is 550 g/mol. The number of primary amides is 1. The number of aromatic carboxylic acids is 1. The lowest BCUT2D eigenvalue weighted by Crippen LogP contribution is -2.38. The van der Waals surface area contributed by atoms with Crippen molar-refractivity contribution in [1.29, 1.82) is 5.41 Å². The number of carboxylic acid groups (broad SMARTS) is 1. The number of aromatic hydroxyl groups is 2. The van der Waals surface area contributed by atoms with Crippen LogP contribution in [0.1, 0.15) is 54.1 Å². The predicted octanol–water partition coefficient (Wildman–Crippen LogP) is 2.27. The number of hydrogen-bond acceptors (Lipinski definition) is 7. The van der Waals surface area contributed by atoms with Gasteiger partial charge in [-0.05, 0) is 50.1 Å². The normalized spacial score (nSPS) is 14.3. The zero-order valence-electron chi connectivity index (χ0n) is 22.2. The Bertz CT molecular complexity index is 1350. The highest BCUT2D eigenvalue weighted by molar-refractivity contribution is 6.04. The minimum atomic E-state index is -1.43. The number of amides is 2. The first-order chi connectivity index (χ1) is 19.0. The van der Waals surface area contributed by atoms with Crippen molar-refractivity contribution in [3.05, 3.63) is 59.2 Å². The molecule has 2 amide bonds. The van der Waals surface area contributed by atoms with Gasteiger partial charge >= 0.3 is 5.97 Å². The molecule has 0 unspecified atom stereocenters. The number of likely N-dealkylation sites (tertiary alicyclic amines) is 1. The molecule has 0 saturated carbocycles. The van der Waals surface area contributed by atoms with E-state index in [2.05, 4.69) is 4.99 Å². The topological polar surface area (TPSA) is 207 Å². The number of anilines is 1. The van der Waals surface area contributed by atoms with Crippen LogP contribution in [0, 0.1) is 5.41 Å². The van der Waals surface area contributed by atoms with Gasteiger partial charge in [0.2, 0.25) is 11.8 Å². The molecule has 0 radical (unpaired) electrons. The highest BCUT2D eigenvalue weighted by Crippen LogP contribution is 2.30. The second kappa shape index (κ2) is 13.3. The number of piperidine rings is 1. The van der Waals surface area contributed by atoms with Crippen LogP contribution in [-0.4, -0.2) is 75.4 Å². The van der Waals surface area contributed by atoms with Crippen LogP contribution in [-0.2, 0) is 9.59 Å². The molecule has 1 fully saturated rings. The molecule has 212 valence electrons. The van der Waals surface area contributed by atoms with E-state index in [0.717, 1.165) is 30.8 Å². The number of nitrogens with one attached hydrogen (secondary N) is 1. The van der Waals surface area contributed by atoms with E-state index in [4.69, 9.17) is 16.9 Å². The average Bonchev–Trinajstić information content (AvgIpc) is 2.90. The summed E-state index contributed by atoms with van der Waals surface area (Å²) in [6, 6.07) is 8.78. The number of rotatable bonds is 10. The smallest absolute Gasteiger partial charge is 0.341 e. The van der Waals surface area contributed by atoms with Gasteiger partial charge < -0.3 is 36.6 Å². The molecule has 1 aliphatic heterocycles. The Kier molecular flexibility index (Phi) is 9.85. The number of phenolic OH excluding ortho intramolecular Hbond substituents is 1. The Labute approximate surface area is 231 Å². The van der Waals surface area contributed by atoms with E-state index in [1.807, 2.05) is 4.90 Å². The Morgan fingerprint density at radius 3 is 2.42 bits per heavy atom. The fraction of sp³-hybridized carbons (Fsp3) is 0.321. The van der Waals surface area contributed by atoms with Crippen molar-refractivity contribution in [3.63, 3.8) is 0 Å². The summed E-state index contributed by atoms with van der Waals surface area (Å²) in [7, 11) is 0. The van der Waals surface area contributed by atoms with Crippen molar-refractivity contribution >= 4 is 41.2 Å². The lowest BCUT2D eigenvalue weighted by Gasteiger charge is -2.31.